The van der Waals surface area contributed by atoms with Crippen molar-refractivity contribution in [3.05, 3.63) is 11.8 Å². The standard InChI is InChI=1S/C11H19N3O7/c1-3-5(12-4-2)6(15)7(16)13-8(17)9(18)14-10(19)11(20)21/h3-4,6-8,10,13,15-17,19H,1-2H3,(H,14,18)(H,20,21)/b5-3-,12-4-. The van der Waals surface area contributed by atoms with Crippen LogP contribution in [0.25, 0.3) is 0 Å². The van der Waals surface area contributed by atoms with E-state index in [-0.39, 0.29) is 5.70 Å². The molecular formula is C11H19N3O7. The van der Waals surface area contributed by atoms with Gasteiger partial charge in [-0.25, -0.2) is 4.79 Å². The van der Waals surface area contributed by atoms with Gasteiger partial charge in [0.05, 0.1) is 5.70 Å². The summed E-state index contributed by atoms with van der Waals surface area (Å²) in [7, 11) is 0. The van der Waals surface area contributed by atoms with Gasteiger partial charge in [0.2, 0.25) is 6.23 Å². The molecule has 0 spiro atoms. The summed E-state index contributed by atoms with van der Waals surface area (Å²) in [6, 6.07) is 0. The molecular weight excluding hydrogens is 286 g/mol. The first-order valence-corrected chi connectivity index (χ1v) is 5.91. The summed E-state index contributed by atoms with van der Waals surface area (Å²) in [6.07, 6.45) is -4.74. The lowest BCUT2D eigenvalue weighted by molar-refractivity contribution is -0.154. The zero-order chi connectivity index (χ0) is 16.6. The monoisotopic (exact) mass is 305 g/mol. The molecule has 0 aromatic heterocycles. The van der Waals surface area contributed by atoms with E-state index < -0.39 is 36.7 Å². The van der Waals surface area contributed by atoms with E-state index in [1.54, 1.807) is 19.2 Å². The van der Waals surface area contributed by atoms with Crippen LogP contribution in [0.1, 0.15) is 13.8 Å². The molecule has 0 aliphatic carbocycles. The van der Waals surface area contributed by atoms with Gasteiger partial charge >= 0.3 is 5.97 Å². The zero-order valence-electron chi connectivity index (χ0n) is 11.5. The Bertz CT molecular complexity index is 424. The fraction of sp³-hybridized carbons (Fsp3) is 0.545. The van der Waals surface area contributed by atoms with Crippen molar-refractivity contribution in [1.82, 2.24) is 10.6 Å². The lowest BCUT2D eigenvalue weighted by atomic mass is 10.2. The molecule has 0 aliphatic heterocycles. The molecule has 0 rings (SSSR count). The number of allylic oxidation sites excluding steroid dienone is 1. The minimum Gasteiger partial charge on any atom is -0.478 e. The van der Waals surface area contributed by atoms with Gasteiger partial charge in [-0.15, -0.1) is 0 Å². The van der Waals surface area contributed by atoms with Crippen molar-refractivity contribution in [3.8, 4) is 0 Å². The lowest BCUT2D eigenvalue weighted by Gasteiger charge is -2.22. The van der Waals surface area contributed by atoms with Crippen molar-refractivity contribution in [2.45, 2.75) is 38.6 Å². The van der Waals surface area contributed by atoms with Gasteiger partial charge in [-0.2, -0.15) is 0 Å². The number of aliphatic imine (C=N–C) groups is 1. The summed E-state index contributed by atoms with van der Waals surface area (Å²) in [5, 5.41) is 49.5. The molecule has 0 aromatic rings. The number of carbonyl (C=O) groups is 2. The van der Waals surface area contributed by atoms with Crippen LogP contribution in [0.2, 0.25) is 0 Å². The van der Waals surface area contributed by atoms with Crippen LogP contribution in [0.3, 0.4) is 0 Å². The fourth-order valence-electron chi connectivity index (χ4n) is 1.24. The van der Waals surface area contributed by atoms with E-state index >= 15 is 0 Å². The SMILES string of the molecule is C/C=N\C(=C/C)C(O)C(O)NC(O)C(=O)NC(O)C(=O)O. The molecule has 0 saturated heterocycles. The predicted octanol–water partition coefficient (Wildman–Crippen LogP) is -2.91. The Labute approximate surface area is 120 Å². The van der Waals surface area contributed by atoms with Crippen LogP contribution in [0.5, 0.6) is 0 Å². The zero-order valence-corrected chi connectivity index (χ0v) is 11.5. The van der Waals surface area contributed by atoms with Crippen molar-refractivity contribution >= 4 is 18.1 Å². The molecule has 7 N–H and O–H groups in total. The van der Waals surface area contributed by atoms with Crippen LogP contribution in [0.15, 0.2) is 16.8 Å². The molecule has 0 radical (unpaired) electrons. The first-order chi connectivity index (χ1) is 9.74. The van der Waals surface area contributed by atoms with Gasteiger partial charge in [-0.1, -0.05) is 6.08 Å². The number of carboxylic acids is 1. The highest BCUT2D eigenvalue weighted by Gasteiger charge is 2.27. The molecule has 1 amide bonds. The Morgan fingerprint density at radius 2 is 1.67 bits per heavy atom. The molecule has 0 heterocycles. The fourth-order valence-corrected chi connectivity index (χ4v) is 1.24. The number of amides is 1. The molecule has 0 aromatic carbocycles. The second-order valence-electron chi connectivity index (χ2n) is 3.81. The quantitative estimate of drug-likeness (QED) is 0.185. The van der Waals surface area contributed by atoms with E-state index in [4.69, 9.17) is 10.2 Å². The molecule has 4 atom stereocenters. The third-order valence-electron chi connectivity index (χ3n) is 2.27. The molecule has 10 heteroatoms. The molecule has 4 unspecified atom stereocenters. The number of nitrogens with one attached hydrogen (secondary N) is 2. The maximum absolute atomic E-state index is 11.3. The number of rotatable bonds is 8. The number of nitrogens with zero attached hydrogens (tertiary/aromatic N) is 1. The second kappa shape index (κ2) is 9.15. The van der Waals surface area contributed by atoms with Crippen molar-refractivity contribution in [2.75, 3.05) is 0 Å². The summed E-state index contributed by atoms with van der Waals surface area (Å²) in [6.45, 7) is 3.15. The molecule has 0 fully saturated rings. The third kappa shape index (κ3) is 6.42. The molecule has 0 saturated carbocycles. The topological polar surface area (TPSA) is 172 Å². The van der Waals surface area contributed by atoms with Crippen molar-refractivity contribution in [2.24, 2.45) is 4.99 Å². The summed E-state index contributed by atoms with van der Waals surface area (Å²) >= 11 is 0. The van der Waals surface area contributed by atoms with E-state index in [9.17, 15) is 24.9 Å². The number of hydrogen-bond donors (Lipinski definition) is 7. The van der Waals surface area contributed by atoms with E-state index in [0.717, 1.165) is 0 Å². The van der Waals surface area contributed by atoms with Gasteiger partial charge < -0.3 is 30.8 Å². The molecule has 21 heavy (non-hydrogen) atoms. The Hall–Kier alpha value is -1.85. The molecule has 0 aliphatic rings. The first kappa shape index (κ1) is 19.1. The predicted molar refractivity (Wildman–Crippen MR) is 70.9 cm³/mol. The smallest absolute Gasteiger partial charge is 0.353 e. The third-order valence-corrected chi connectivity index (χ3v) is 2.27. The van der Waals surface area contributed by atoms with Crippen LogP contribution in [0.4, 0.5) is 0 Å². The summed E-state index contributed by atoms with van der Waals surface area (Å²) < 4.78 is 0. The van der Waals surface area contributed by atoms with E-state index in [1.807, 2.05) is 5.32 Å². The van der Waals surface area contributed by atoms with Crippen LogP contribution in [-0.4, -0.2) is 68.4 Å². The van der Waals surface area contributed by atoms with Crippen LogP contribution in [0, 0.1) is 0 Å². The normalized spacial score (nSPS) is 18.1. The average Bonchev–Trinajstić information content (AvgIpc) is 2.43. The molecule has 120 valence electrons. The highest BCUT2D eigenvalue weighted by Crippen LogP contribution is 2.07. The Balaban J connectivity index is 4.59. The van der Waals surface area contributed by atoms with Crippen LogP contribution >= 0.6 is 0 Å². The van der Waals surface area contributed by atoms with Crippen molar-refractivity contribution in [1.29, 1.82) is 0 Å². The van der Waals surface area contributed by atoms with E-state index in [0.29, 0.717) is 0 Å². The number of hydrogen-bond acceptors (Lipinski definition) is 8. The maximum Gasteiger partial charge on any atom is 0.353 e. The minimum absolute atomic E-state index is 0.0932. The Morgan fingerprint density at radius 1 is 1.10 bits per heavy atom. The van der Waals surface area contributed by atoms with Crippen LogP contribution in [-0.2, 0) is 9.59 Å². The number of carbonyl (C=O) groups excluding carboxylic acids is 1. The van der Waals surface area contributed by atoms with Gasteiger partial charge in [-0.05, 0) is 13.8 Å². The van der Waals surface area contributed by atoms with Gasteiger partial charge in [0.25, 0.3) is 5.91 Å². The van der Waals surface area contributed by atoms with E-state index in [2.05, 4.69) is 4.99 Å². The Kier molecular flexibility index (Phi) is 8.35. The molecule has 10 nitrogen and oxygen atoms in total. The number of aliphatic carboxylic acids is 1. The summed E-state index contributed by atoms with van der Waals surface area (Å²) in [4.78, 5) is 25.4. The highest BCUT2D eigenvalue weighted by molar-refractivity contribution is 5.84. The van der Waals surface area contributed by atoms with Gasteiger partial charge in [0, 0.05) is 6.21 Å². The number of aliphatic hydroxyl groups is 4. The minimum atomic E-state index is -2.20. The van der Waals surface area contributed by atoms with Crippen LogP contribution < -0.4 is 10.6 Å². The number of aliphatic hydroxyl groups excluding tert-OH is 4. The molecule has 0 bridgehead atoms. The number of carboxylic acid groups (broad SMARTS) is 1. The average molecular weight is 305 g/mol. The second-order valence-corrected chi connectivity index (χ2v) is 3.81. The van der Waals surface area contributed by atoms with Crippen molar-refractivity contribution < 1.29 is 35.1 Å². The summed E-state index contributed by atoms with van der Waals surface area (Å²) in [5.41, 5.74) is 0.0932. The summed E-state index contributed by atoms with van der Waals surface area (Å²) in [5.74, 6) is -3.01. The lowest BCUT2D eigenvalue weighted by Crippen LogP contribution is -2.55. The van der Waals surface area contributed by atoms with Crippen molar-refractivity contribution in [3.63, 3.8) is 0 Å². The Morgan fingerprint density at radius 3 is 2.10 bits per heavy atom. The van der Waals surface area contributed by atoms with E-state index in [1.165, 1.54) is 12.3 Å². The highest BCUT2D eigenvalue weighted by atomic mass is 16.4. The largest absolute Gasteiger partial charge is 0.478 e. The van der Waals surface area contributed by atoms with Gasteiger partial charge in [0.15, 0.2) is 6.23 Å². The first-order valence-electron chi connectivity index (χ1n) is 5.91. The van der Waals surface area contributed by atoms with Gasteiger partial charge in [0.1, 0.15) is 12.3 Å². The van der Waals surface area contributed by atoms with Gasteiger partial charge in [-0.3, -0.25) is 15.1 Å². The maximum atomic E-state index is 11.3.